The third kappa shape index (κ3) is 3.56. The van der Waals surface area contributed by atoms with Crippen molar-refractivity contribution in [3.05, 3.63) is 0 Å². The SMILES string of the molecule is CC(C)(C)CC(OCC1CO1)C1CO1. The lowest BCUT2D eigenvalue weighted by Crippen LogP contribution is -2.27. The van der Waals surface area contributed by atoms with Gasteiger partial charge in [-0.2, -0.15) is 0 Å². The first-order chi connectivity index (χ1) is 6.54. The molecule has 3 nitrogen and oxygen atoms in total. The molecule has 0 spiro atoms. The van der Waals surface area contributed by atoms with Crippen LogP contribution in [0.1, 0.15) is 27.2 Å². The van der Waals surface area contributed by atoms with Crippen LogP contribution in [0.4, 0.5) is 0 Å². The standard InChI is InChI=1S/C11H20O3/c1-11(2,3)4-9(10-7-14-10)13-6-8-5-12-8/h8-10H,4-7H2,1-3H3. The van der Waals surface area contributed by atoms with E-state index in [1.165, 1.54) is 0 Å². The van der Waals surface area contributed by atoms with E-state index >= 15 is 0 Å². The molecule has 2 fully saturated rings. The summed E-state index contributed by atoms with van der Waals surface area (Å²) >= 11 is 0. The van der Waals surface area contributed by atoms with Gasteiger partial charge in [0.1, 0.15) is 12.2 Å². The molecule has 14 heavy (non-hydrogen) atoms. The first kappa shape index (κ1) is 10.4. The van der Waals surface area contributed by atoms with Crippen LogP contribution in [-0.4, -0.2) is 38.1 Å². The summed E-state index contributed by atoms with van der Waals surface area (Å²) in [6.45, 7) is 9.18. The fourth-order valence-corrected chi connectivity index (χ4v) is 1.57. The van der Waals surface area contributed by atoms with Crippen molar-refractivity contribution in [1.82, 2.24) is 0 Å². The molecule has 2 heterocycles. The van der Waals surface area contributed by atoms with Crippen molar-refractivity contribution >= 4 is 0 Å². The van der Waals surface area contributed by atoms with Gasteiger partial charge in [-0.3, -0.25) is 0 Å². The molecule has 2 rings (SSSR count). The number of epoxide rings is 2. The molecule has 0 bridgehead atoms. The zero-order valence-corrected chi connectivity index (χ0v) is 9.29. The number of hydrogen-bond donors (Lipinski definition) is 0. The predicted octanol–water partition coefficient (Wildman–Crippen LogP) is 1.61. The van der Waals surface area contributed by atoms with Crippen LogP contribution in [-0.2, 0) is 14.2 Å². The highest BCUT2D eigenvalue weighted by molar-refractivity contribution is 4.84. The largest absolute Gasteiger partial charge is 0.373 e. The summed E-state index contributed by atoms with van der Waals surface area (Å²) < 4.78 is 16.2. The molecule has 3 atom stereocenters. The smallest absolute Gasteiger partial charge is 0.107 e. The summed E-state index contributed by atoms with van der Waals surface area (Å²) in [6.07, 6.45) is 2.02. The van der Waals surface area contributed by atoms with Crippen LogP contribution < -0.4 is 0 Å². The Morgan fingerprint density at radius 1 is 1.29 bits per heavy atom. The van der Waals surface area contributed by atoms with Gasteiger partial charge in [-0.05, 0) is 11.8 Å². The number of hydrogen-bond acceptors (Lipinski definition) is 3. The molecule has 0 aromatic carbocycles. The Kier molecular flexibility index (Phi) is 2.82. The fraction of sp³-hybridized carbons (Fsp3) is 1.00. The molecular weight excluding hydrogens is 180 g/mol. The van der Waals surface area contributed by atoms with Gasteiger partial charge in [-0.25, -0.2) is 0 Å². The van der Waals surface area contributed by atoms with Crippen LogP contribution in [0, 0.1) is 5.41 Å². The Morgan fingerprint density at radius 2 is 1.93 bits per heavy atom. The Balaban J connectivity index is 1.74. The van der Waals surface area contributed by atoms with Crippen LogP contribution >= 0.6 is 0 Å². The van der Waals surface area contributed by atoms with Gasteiger partial charge in [0, 0.05) is 0 Å². The molecule has 2 aliphatic heterocycles. The number of ether oxygens (including phenoxy) is 3. The molecule has 2 aliphatic rings. The maximum atomic E-state index is 5.82. The predicted molar refractivity (Wildman–Crippen MR) is 53.3 cm³/mol. The molecule has 82 valence electrons. The second kappa shape index (κ2) is 3.80. The Hall–Kier alpha value is -0.120. The first-order valence-corrected chi connectivity index (χ1v) is 5.39. The van der Waals surface area contributed by atoms with Crippen molar-refractivity contribution in [2.75, 3.05) is 19.8 Å². The van der Waals surface area contributed by atoms with Crippen molar-refractivity contribution < 1.29 is 14.2 Å². The summed E-state index contributed by atoms with van der Waals surface area (Å²) in [5.74, 6) is 0. The van der Waals surface area contributed by atoms with Gasteiger partial charge >= 0.3 is 0 Å². The van der Waals surface area contributed by atoms with E-state index in [4.69, 9.17) is 14.2 Å². The Bertz CT molecular complexity index is 189. The van der Waals surface area contributed by atoms with Gasteiger partial charge in [-0.1, -0.05) is 20.8 Å². The van der Waals surface area contributed by atoms with E-state index in [1.54, 1.807) is 0 Å². The topological polar surface area (TPSA) is 34.3 Å². The highest BCUT2D eigenvalue weighted by Gasteiger charge is 2.37. The summed E-state index contributed by atoms with van der Waals surface area (Å²) in [5.41, 5.74) is 0.307. The average molecular weight is 200 g/mol. The molecule has 0 amide bonds. The minimum Gasteiger partial charge on any atom is -0.373 e. The van der Waals surface area contributed by atoms with E-state index in [9.17, 15) is 0 Å². The molecule has 0 aromatic rings. The lowest BCUT2D eigenvalue weighted by atomic mass is 9.88. The highest BCUT2D eigenvalue weighted by atomic mass is 16.6. The van der Waals surface area contributed by atoms with Crippen LogP contribution in [0.15, 0.2) is 0 Å². The zero-order valence-electron chi connectivity index (χ0n) is 9.29. The van der Waals surface area contributed by atoms with Crippen molar-refractivity contribution in [2.45, 2.75) is 45.5 Å². The van der Waals surface area contributed by atoms with E-state index in [1.807, 2.05) is 0 Å². The lowest BCUT2D eigenvalue weighted by Gasteiger charge is -2.24. The van der Waals surface area contributed by atoms with Gasteiger partial charge in [-0.15, -0.1) is 0 Å². The molecule has 2 saturated heterocycles. The monoisotopic (exact) mass is 200 g/mol. The molecule has 0 N–H and O–H groups in total. The van der Waals surface area contributed by atoms with Gasteiger partial charge in [0.2, 0.25) is 0 Å². The summed E-state index contributed by atoms with van der Waals surface area (Å²) in [7, 11) is 0. The summed E-state index contributed by atoms with van der Waals surface area (Å²) in [5, 5.41) is 0. The van der Waals surface area contributed by atoms with Crippen LogP contribution in [0.5, 0.6) is 0 Å². The van der Waals surface area contributed by atoms with Gasteiger partial charge in [0.05, 0.1) is 25.9 Å². The molecule has 3 unspecified atom stereocenters. The molecular formula is C11H20O3. The maximum Gasteiger partial charge on any atom is 0.107 e. The van der Waals surface area contributed by atoms with Crippen molar-refractivity contribution in [2.24, 2.45) is 5.41 Å². The van der Waals surface area contributed by atoms with E-state index in [0.717, 1.165) is 26.2 Å². The van der Waals surface area contributed by atoms with E-state index in [2.05, 4.69) is 20.8 Å². The molecule has 3 heteroatoms. The Morgan fingerprint density at radius 3 is 2.36 bits per heavy atom. The zero-order chi connectivity index (χ0) is 10.2. The normalized spacial score (nSPS) is 32.8. The van der Waals surface area contributed by atoms with Gasteiger partial charge < -0.3 is 14.2 Å². The summed E-state index contributed by atoms with van der Waals surface area (Å²) in [6, 6.07) is 0. The highest BCUT2D eigenvalue weighted by Crippen LogP contribution is 2.29. The maximum absolute atomic E-state index is 5.82. The summed E-state index contributed by atoms with van der Waals surface area (Å²) in [4.78, 5) is 0. The third-order valence-electron chi connectivity index (χ3n) is 2.49. The average Bonchev–Trinajstić information content (AvgIpc) is 2.87. The van der Waals surface area contributed by atoms with Crippen molar-refractivity contribution in [3.8, 4) is 0 Å². The van der Waals surface area contributed by atoms with E-state index < -0.39 is 0 Å². The second-order valence-corrected chi connectivity index (χ2v) is 5.46. The minimum absolute atomic E-state index is 0.263. The van der Waals surface area contributed by atoms with Crippen molar-refractivity contribution in [1.29, 1.82) is 0 Å². The quantitative estimate of drug-likeness (QED) is 0.632. The van der Waals surface area contributed by atoms with Gasteiger partial charge in [0.15, 0.2) is 0 Å². The third-order valence-corrected chi connectivity index (χ3v) is 2.49. The molecule has 0 radical (unpaired) electrons. The fourth-order valence-electron chi connectivity index (χ4n) is 1.57. The minimum atomic E-state index is 0.263. The van der Waals surface area contributed by atoms with Gasteiger partial charge in [0.25, 0.3) is 0 Å². The first-order valence-electron chi connectivity index (χ1n) is 5.39. The van der Waals surface area contributed by atoms with Crippen LogP contribution in [0.25, 0.3) is 0 Å². The van der Waals surface area contributed by atoms with E-state index in [-0.39, 0.29) is 6.10 Å². The second-order valence-electron chi connectivity index (χ2n) is 5.46. The van der Waals surface area contributed by atoms with Crippen molar-refractivity contribution in [3.63, 3.8) is 0 Å². The Labute approximate surface area is 85.7 Å². The lowest BCUT2D eigenvalue weighted by molar-refractivity contribution is 0.000929. The van der Waals surface area contributed by atoms with E-state index in [0.29, 0.717) is 17.6 Å². The van der Waals surface area contributed by atoms with Crippen LogP contribution in [0.3, 0.4) is 0 Å². The molecule has 0 saturated carbocycles. The molecule has 0 aliphatic carbocycles. The number of rotatable bonds is 5. The molecule has 0 aromatic heterocycles. The van der Waals surface area contributed by atoms with Crippen LogP contribution in [0.2, 0.25) is 0 Å².